The minimum Gasteiger partial charge on any atom is -0.507 e. The van der Waals surface area contributed by atoms with Gasteiger partial charge < -0.3 is 9.84 Å². The smallest absolute Gasteiger partial charge is 0.227 e. The number of phenols is 1. The summed E-state index contributed by atoms with van der Waals surface area (Å²) in [7, 11) is 0. The number of aliphatic imine (C=N–C) groups is 1. The fraction of sp³-hybridized carbons (Fsp3) is 0.500. The summed E-state index contributed by atoms with van der Waals surface area (Å²) in [5, 5.41) is 20.2. The van der Waals surface area contributed by atoms with E-state index in [1.165, 1.54) is 0 Å². The number of benzene rings is 1. The first kappa shape index (κ1) is 18.1. The minimum absolute atomic E-state index is 0.206. The first-order chi connectivity index (χ1) is 11.0. The molecule has 0 atom stereocenters. The Balaban J connectivity index is 2.64. The molecule has 1 heterocycles. The van der Waals surface area contributed by atoms with E-state index in [1.807, 2.05) is 12.1 Å². The van der Waals surface area contributed by atoms with Crippen LogP contribution in [0.15, 0.2) is 22.7 Å². The molecule has 1 N–H and O–H groups in total. The first-order valence-electron chi connectivity index (χ1n) is 8.21. The summed E-state index contributed by atoms with van der Waals surface area (Å²) in [5.41, 5.74) is 2.61. The lowest BCUT2D eigenvalue weighted by Gasteiger charge is -2.28. The molecule has 4 heteroatoms. The zero-order chi connectivity index (χ0) is 18.1. The molecule has 0 fully saturated rings. The Labute approximate surface area is 144 Å². The van der Waals surface area contributed by atoms with Crippen molar-refractivity contribution in [3.63, 3.8) is 0 Å². The third-order valence-electron chi connectivity index (χ3n) is 4.00. The molecular formula is C20H26N2O2. The second-order valence-corrected chi connectivity index (χ2v) is 8.17. The van der Waals surface area contributed by atoms with Gasteiger partial charge in [-0.05, 0) is 34.6 Å². The topological polar surface area (TPSA) is 65.6 Å². The summed E-state index contributed by atoms with van der Waals surface area (Å²) < 4.78 is 5.41. The van der Waals surface area contributed by atoms with Crippen molar-refractivity contribution in [3.8, 4) is 11.8 Å². The van der Waals surface area contributed by atoms with Gasteiger partial charge in [0.05, 0.1) is 6.54 Å². The van der Waals surface area contributed by atoms with Crippen molar-refractivity contribution < 1.29 is 9.84 Å². The second kappa shape index (κ2) is 6.32. The Morgan fingerprint density at radius 3 is 2.08 bits per heavy atom. The SMILES string of the molecule is CC(C)(C)c1cc(C=C(C#N)C2=NCCO2)cc(C(C)(C)C)c1O. The third kappa shape index (κ3) is 3.79. The molecule has 1 aliphatic heterocycles. The molecule has 0 spiro atoms. The number of phenolic OH excluding ortho intramolecular Hbond substituents is 1. The fourth-order valence-electron chi connectivity index (χ4n) is 2.69. The number of nitrogens with zero attached hydrogens (tertiary/aromatic N) is 2. The molecule has 128 valence electrons. The van der Waals surface area contributed by atoms with Crippen molar-refractivity contribution in [2.24, 2.45) is 4.99 Å². The summed E-state index contributed by atoms with van der Waals surface area (Å²) in [6, 6.07) is 6.05. The van der Waals surface area contributed by atoms with E-state index >= 15 is 0 Å². The number of rotatable bonds is 2. The van der Waals surface area contributed by atoms with Crippen molar-refractivity contribution in [3.05, 3.63) is 34.4 Å². The lowest BCUT2D eigenvalue weighted by molar-refractivity contribution is 0.348. The highest BCUT2D eigenvalue weighted by atomic mass is 16.5. The van der Waals surface area contributed by atoms with Gasteiger partial charge in [0.1, 0.15) is 24.0 Å². The lowest BCUT2D eigenvalue weighted by atomic mass is 9.78. The average molecular weight is 326 g/mol. The van der Waals surface area contributed by atoms with Gasteiger partial charge in [-0.15, -0.1) is 0 Å². The van der Waals surface area contributed by atoms with E-state index in [2.05, 4.69) is 52.6 Å². The Morgan fingerprint density at radius 2 is 1.71 bits per heavy atom. The third-order valence-corrected chi connectivity index (χ3v) is 4.00. The van der Waals surface area contributed by atoms with Crippen molar-refractivity contribution in [2.75, 3.05) is 13.2 Å². The summed E-state index contributed by atoms with van der Waals surface area (Å²) in [4.78, 5) is 4.22. The number of nitriles is 1. The predicted octanol–water partition coefficient (Wildman–Crippen LogP) is 4.32. The highest BCUT2D eigenvalue weighted by Crippen LogP contribution is 2.40. The first-order valence-corrected chi connectivity index (χ1v) is 8.21. The van der Waals surface area contributed by atoms with Crippen LogP contribution in [0.5, 0.6) is 5.75 Å². The van der Waals surface area contributed by atoms with Gasteiger partial charge in [0, 0.05) is 11.1 Å². The van der Waals surface area contributed by atoms with Crippen LogP contribution in [0.1, 0.15) is 58.2 Å². The van der Waals surface area contributed by atoms with Crippen LogP contribution in [-0.2, 0) is 15.6 Å². The van der Waals surface area contributed by atoms with E-state index < -0.39 is 0 Å². The van der Waals surface area contributed by atoms with Crippen molar-refractivity contribution in [1.82, 2.24) is 0 Å². The van der Waals surface area contributed by atoms with Crippen LogP contribution in [0.4, 0.5) is 0 Å². The molecule has 0 aliphatic carbocycles. The number of ether oxygens (including phenoxy) is 1. The number of aromatic hydroxyl groups is 1. The summed E-state index contributed by atoms with van der Waals surface area (Å²) >= 11 is 0. The van der Waals surface area contributed by atoms with E-state index in [9.17, 15) is 10.4 Å². The van der Waals surface area contributed by atoms with Crippen LogP contribution < -0.4 is 0 Å². The van der Waals surface area contributed by atoms with Crippen LogP contribution >= 0.6 is 0 Å². The van der Waals surface area contributed by atoms with Crippen LogP contribution in [-0.4, -0.2) is 24.2 Å². The number of hydrogen-bond acceptors (Lipinski definition) is 4. The van der Waals surface area contributed by atoms with E-state index in [0.717, 1.165) is 16.7 Å². The van der Waals surface area contributed by atoms with Crippen LogP contribution in [0.3, 0.4) is 0 Å². The molecule has 0 bridgehead atoms. The molecule has 0 radical (unpaired) electrons. The van der Waals surface area contributed by atoms with E-state index in [1.54, 1.807) is 6.08 Å². The van der Waals surface area contributed by atoms with Crippen molar-refractivity contribution in [1.29, 1.82) is 5.26 Å². The highest BCUT2D eigenvalue weighted by molar-refractivity contribution is 6.02. The second-order valence-electron chi connectivity index (χ2n) is 8.17. The summed E-state index contributed by atoms with van der Waals surface area (Å²) in [6.07, 6.45) is 1.79. The Bertz CT molecular complexity index is 703. The zero-order valence-electron chi connectivity index (χ0n) is 15.4. The summed E-state index contributed by atoms with van der Waals surface area (Å²) in [5.74, 6) is 0.736. The average Bonchev–Trinajstić information content (AvgIpc) is 2.97. The largest absolute Gasteiger partial charge is 0.507 e. The fourth-order valence-corrected chi connectivity index (χ4v) is 2.69. The van der Waals surface area contributed by atoms with E-state index in [-0.39, 0.29) is 10.8 Å². The van der Waals surface area contributed by atoms with Gasteiger partial charge in [-0.2, -0.15) is 5.26 Å². The van der Waals surface area contributed by atoms with Gasteiger partial charge in [-0.1, -0.05) is 41.5 Å². The molecule has 0 saturated carbocycles. The van der Waals surface area contributed by atoms with Crippen LogP contribution in [0, 0.1) is 11.3 Å². The van der Waals surface area contributed by atoms with Crippen LogP contribution in [0.25, 0.3) is 6.08 Å². The standard InChI is InChI=1S/C20H26N2O2/c1-19(2,3)15-10-13(11-16(17(15)23)20(4,5)6)9-14(12-21)18-22-7-8-24-18/h9-11,23H,7-8H2,1-6H3. The maximum absolute atomic E-state index is 10.8. The van der Waals surface area contributed by atoms with Gasteiger partial charge in [-0.3, -0.25) is 0 Å². The Morgan fingerprint density at radius 1 is 1.17 bits per heavy atom. The zero-order valence-corrected chi connectivity index (χ0v) is 15.4. The quantitative estimate of drug-likeness (QED) is 0.823. The summed E-state index contributed by atoms with van der Waals surface area (Å²) in [6.45, 7) is 13.5. The Kier molecular flexibility index (Phi) is 4.75. The van der Waals surface area contributed by atoms with Gasteiger partial charge in [0.15, 0.2) is 0 Å². The predicted molar refractivity (Wildman–Crippen MR) is 97.4 cm³/mol. The van der Waals surface area contributed by atoms with Crippen molar-refractivity contribution in [2.45, 2.75) is 52.4 Å². The molecule has 0 amide bonds. The highest BCUT2D eigenvalue weighted by Gasteiger charge is 2.26. The minimum atomic E-state index is -0.206. The lowest BCUT2D eigenvalue weighted by Crippen LogP contribution is -2.17. The van der Waals surface area contributed by atoms with E-state index in [0.29, 0.717) is 30.4 Å². The molecule has 0 saturated heterocycles. The molecule has 1 aliphatic rings. The van der Waals surface area contributed by atoms with Gasteiger partial charge in [-0.25, -0.2) is 4.99 Å². The van der Waals surface area contributed by atoms with Gasteiger partial charge >= 0.3 is 0 Å². The normalized spacial score (nSPS) is 15.7. The maximum atomic E-state index is 10.8. The molecule has 24 heavy (non-hydrogen) atoms. The van der Waals surface area contributed by atoms with Gasteiger partial charge in [0.25, 0.3) is 0 Å². The Hall–Kier alpha value is -2.28. The maximum Gasteiger partial charge on any atom is 0.227 e. The van der Waals surface area contributed by atoms with Crippen LogP contribution in [0.2, 0.25) is 0 Å². The van der Waals surface area contributed by atoms with Gasteiger partial charge in [0.2, 0.25) is 5.90 Å². The molecular weight excluding hydrogens is 300 g/mol. The van der Waals surface area contributed by atoms with Crippen molar-refractivity contribution >= 4 is 12.0 Å². The molecule has 2 rings (SSSR count). The molecule has 0 aromatic heterocycles. The molecule has 4 nitrogen and oxygen atoms in total. The van der Waals surface area contributed by atoms with E-state index in [4.69, 9.17) is 4.74 Å². The number of hydrogen-bond donors (Lipinski definition) is 1. The molecule has 0 unspecified atom stereocenters. The monoisotopic (exact) mass is 326 g/mol. The molecule has 1 aromatic rings. The molecule has 1 aromatic carbocycles.